The Balaban J connectivity index is 2.48. The molecule has 4 heteroatoms. The van der Waals surface area contributed by atoms with Gasteiger partial charge in [0.05, 0.1) is 0 Å². The van der Waals surface area contributed by atoms with E-state index in [0.29, 0.717) is 5.95 Å². The number of rotatable bonds is 1. The van der Waals surface area contributed by atoms with E-state index in [-0.39, 0.29) is 0 Å². The number of hydrogen-bond donors (Lipinski definition) is 1. The van der Waals surface area contributed by atoms with Gasteiger partial charge in [0.1, 0.15) is 18.7 Å². The molecule has 0 fully saturated rings. The lowest BCUT2D eigenvalue weighted by Crippen LogP contribution is -1.90. The van der Waals surface area contributed by atoms with Crippen LogP contribution in [0.3, 0.4) is 0 Å². The van der Waals surface area contributed by atoms with Gasteiger partial charge in [-0.25, -0.2) is 9.97 Å². The average Bonchev–Trinajstić information content (AvgIpc) is 2.59. The average molecular weight is 132 g/mol. The summed E-state index contributed by atoms with van der Waals surface area (Å²) in [6, 6.07) is 0. The Morgan fingerprint density at radius 2 is 2.50 bits per heavy atom. The van der Waals surface area contributed by atoms with Gasteiger partial charge in [-0.2, -0.15) is 0 Å². The largest absolute Gasteiger partial charge is 0.330 e. The lowest BCUT2D eigenvalue weighted by molar-refractivity contribution is 0.959. The van der Waals surface area contributed by atoms with Gasteiger partial charge in [0, 0.05) is 12.4 Å². The molecule has 2 radical (unpaired) electrons. The Morgan fingerprint density at radius 3 is 3.10 bits per heavy atom. The molecule has 0 saturated carbocycles. The van der Waals surface area contributed by atoms with Crippen LogP contribution in [0.4, 0.5) is 0 Å². The fraction of sp³-hybridized carbons (Fsp3) is 0. The number of nitrogens with zero attached hydrogens (tertiary/aromatic N) is 3. The molecule has 4 nitrogen and oxygen atoms in total. The van der Waals surface area contributed by atoms with Crippen LogP contribution in [0.1, 0.15) is 0 Å². The van der Waals surface area contributed by atoms with Gasteiger partial charge in [0.2, 0.25) is 5.95 Å². The summed E-state index contributed by atoms with van der Waals surface area (Å²) in [6.07, 6.45) is 10.2. The molecule has 0 aliphatic carbocycles. The van der Waals surface area contributed by atoms with E-state index < -0.39 is 0 Å². The molecule has 2 rings (SSSR count). The van der Waals surface area contributed by atoms with Gasteiger partial charge < -0.3 is 4.98 Å². The summed E-state index contributed by atoms with van der Waals surface area (Å²) in [5, 5.41) is 0. The van der Waals surface area contributed by atoms with Crippen LogP contribution in [0.2, 0.25) is 0 Å². The predicted octanol–water partition coefficient (Wildman–Crippen LogP) is 0.196. The molecule has 1 N–H and O–H groups in total. The van der Waals surface area contributed by atoms with E-state index in [1.807, 2.05) is 0 Å². The standard InChI is InChI=1S/C6H4N4/c1-2-9-6(8-1)10-4-3-7-5-10/h1,4-5H,(H,8,9). The first-order chi connectivity index (χ1) is 4.97. The van der Waals surface area contributed by atoms with E-state index in [0.717, 1.165) is 0 Å². The third-order valence-corrected chi connectivity index (χ3v) is 1.13. The van der Waals surface area contributed by atoms with Crippen molar-refractivity contribution in [2.75, 3.05) is 0 Å². The summed E-state index contributed by atoms with van der Waals surface area (Å²) in [7, 11) is 0. The maximum absolute atomic E-state index is 3.88. The number of H-pyrrole nitrogens is 1. The molecule has 2 heterocycles. The molecule has 0 atom stereocenters. The molecule has 0 unspecified atom stereocenters. The SMILES string of the molecule is [c]1cn(-c2n[c]c[nH]2)cn1. The molecule has 2 aromatic heterocycles. The number of imidazole rings is 2. The third-order valence-electron chi connectivity index (χ3n) is 1.13. The van der Waals surface area contributed by atoms with Crippen molar-refractivity contribution in [3.05, 3.63) is 31.1 Å². The van der Waals surface area contributed by atoms with Crippen LogP contribution in [0, 0.1) is 12.4 Å². The summed E-state index contributed by atoms with van der Waals surface area (Å²) >= 11 is 0. The van der Waals surface area contributed by atoms with Gasteiger partial charge in [0.15, 0.2) is 0 Å². The molecule has 0 aromatic carbocycles. The zero-order valence-electron chi connectivity index (χ0n) is 5.07. The fourth-order valence-corrected chi connectivity index (χ4v) is 0.695. The molecule has 2 aromatic rings. The van der Waals surface area contributed by atoms with Crippen LogP contribution in [-0.4, -0.2) is 19.5 Å². The maximum Gasteiger partial charge on any atom is 0.213 e. The second-order valence-electron chi connectivity index (χ2n) is 1.76. The van der Waals surface area contributed by atoms with E-state index in [2.05, 4.69) is 27.3 Å². The van der Waals surface area contributed by atoms with Gasteiger partial charge in [-0.1, -0.05) is 0 Å². The van der Waals surface area contributed by atoms with Gasteiger partial charge in [-0.3, -0.25) is 4.57 Å². The minimum atomic E-state index is 0.703. The van der Waals surface area contributed by atoms with Gasteiger partial charge in [-0.05, 0) is 0 Å². The Bertz CT molecular complexity index is 249. The summed E-state index contributed by atoms with van der Waals surface area (Å²) in [4.78, 5) is 10.5. The monoisotopic (exact) mass is 132 g/mol. The van der Waals surface area contributed by atoms with E-state index in [4.69, 9.17) is 0 Å². The fourth-order valence-electron chi connectivity index (χ4n) is 0.695. The van der Waals surface area contributed by atoms with E-state index in [1.165, 1.54) is 0 Å². The van der Waals surface area contributed by atoms with Crippen molar-refractivity contribution in [3.8, 4) is 5.95 Å². The normalized spacial score (nSPS) is 10.0. The Kier molecular flexibility index (Phi) is 1.04. The highest BCUT2D eigenvalue weighted by Gasteiger charge is 1.93. The van der Waals surface area contributed by atoms with E-state index >= 15 is 0 Å². The van der Waals surface area contributed by atoms with Crippen LogP contribution in [0.15, 0.2) is 18.7 Å². The number of aromatic amines is 1. The molecule has 0 aliphatic heterocycles. The molecule has 0 bridgehead atoms. The molecule has 0 spiro atoms. The summed E-state index contributed by atoms with van der Waals surface area (Å²) < 4.78 is 1.72. The molecular weight excluding hydrogens is 128 g/mol. The summed E-state index contributed by atoms with van der Waals surface area (Å²) in [5.41, 5.74) is 0. The van der Waals surface area contributed by atoms with Crippen LogP contribution < -0.4 is 0 Å². The van der Waals surface area contributed by atoms with Crippen molar-refractivity contribution >= 4 is 0 Å². The minimum absolute atomic E-state index is 0.703. The maximum atomic E-state index is 3.88. The number of nitrogens with one attached hydrogen (secondary N) is 1. The molecular formula is C6H4N4. The van der Waals surface area contributed by atoms with Crippen molar-refractivity contribution in [2.45, 2.75) is 0 Å². The van der Waals surface area contributed by atoms with Crippen LogP contribution in [0.25, 0.3) is 5.95 Å². The van der Waals surface area contributed by atoms with Crippen LogP contribution >= 0.6 is 0 Å². The van der Waals surface area contributed by atoms with Crippen molar-refractivity contribution in [2.24, 2.45) is 0 Å². The lowest BCUT2D eigenvalue weighted by atomic mass is 10.8. The van der Waals surface area contributed by atoms with Crippen molar-refractivity contribution in [1.29, 1.82) is 0 Å². The minimum Gasteiger partial charge on any atom is -0.330 e. The smallest absolute Gasteiger partial charge is 0.213 e. The summed E-state index contributed by atoms with van der Waals surface area (Å²) in [6.45, 7) is 0. The van der Waals surface area contributed by atoms with Gasteiger partial charge >= 0.3 is 0 Å². The highest BCUT2D eigenvalue weighted by Crippen LogP contribution is 1.95. The van der Waals surface area contributed by atoms with E-state index in [9.17, 15) is 0 Å². The van der Waals surface area contributed by atoms with Crippen molar-refractivity contribution < 1.29 is 0 Å². The zero-order chi connectivity index (χ0) is 6.81. The Morgan fingerprint density at radius 1 is 1.50 bits per heavy atom. The van der Waals surface area contributed by atoms with E-state index in [1.54, 1.807) is 23.3 Å². The lowest BCUT2D eigenvalue weighted by Gasteiger charge is -1.91. The molecule has 0 aliphatic rings. The first-order valence-electron chi connectivity index (χ1n) is 2.79. The molecule has 48 valence electrons. The van der Waals surface area contributed by atoms with Gasteiger partial charge in [0.25, 0.3) is 0 Å². The second-order valence-corrected chi connectivity index (χ2v) is 1.76. The molecule has 0 saturated heterocycles. The quantitative estimate of drug-likeness (QED) is 0.602. The highest BCUT2D eigenvalue weighted by atomic mass is 15.2. The first kappa shape index (κ1) is 5.22. The summed E-state index contributed by atoms with van der Waals surface area (Å²) in [5.74, 6) is 0.703. The number of hydrogen-bond acceptors (Lipinski definition) is 2. The highest BCUT2D eigenvalue weighted by molar-refractivity contribution is 5.08. The van der Waals surface area contributed by atoms with Gasteiger partial charge in [-0.15, -0.1) is 0 Å². The van der Waals surface area contributed by atoms with Crippen LogP contribution in [0.5, 0.6) is 0 Å². The predicted molar refractivity (Wildman–Crippen MR) is 33.4 cm³/mol. The van der Waals surface area contributed by atoms with Crippen LogP contribution in [-0.2, 0) is 0 Å². The number of aromatic nitrogens is 4. The molecule has 10 heavy (non-hydrogen) atoms. The van der Waals surface area contributed by atoms with Crippen molar-refractivity contribution in [1.82, 2.24) is 19.5 Å². The first-order valence-corrected chi connectivity index (χ1v) is 2.79. The van der Waals surface area contributed by atoms with Crippen molar-refractivity contribution in [3.63, 3.8) is 0 Å². The second kappa shape index (κ2) is 1.98. The zero-order valence-corrected chi connectivity index (χ0v) is 5.07. The Labute approximate surface area is 57.6 Å². The third kappa shape index (κ3) is 0.699. The molecule has 0 amide bonds. The topological polar surface area (TPSA) is 46.5 Å². The Hall–Kier alpha value is -1.58.